The van der Waals surface area contributed by atoms with Crippen molar-refractivity contribution in [1.29, 1.82) is 0 Å². The molecule has 0 spiro atoms. The van der Waals surface area contributed by atoms with Crippen molar-refractivity contribution in [3.63, 3.8) is 0 Å². The highest BCUT2D eigenvalue weighted by Crippen LogP contribution is 2.40. The minimum Gasteiger partial charge on any atom is -0.545 e. The van der Waals surface area contributed by atoms with Gasteiger partial charge in [-0.1, -0.05) is 119 Å². The molecule has 0 aliphatic rings. The van der Waals surface area contributed by atoms with E-state index >= 15 is 0 Å². The van der Waals surface area contributed by atoms with E-state index in [4.69, 9.17) is 0 Å². The molecule has 0 saturated heterocycles. The molecule has 4 aromatic rings. The minimum absolute atomic E-state index is 0.0796. The number of rotatable bonds is 15. The van der Waals surface area contributed by atoms with E-state index in [0.717, 1.165) is 21.6 Å². The second-order valence-corrected chi connectivity index (χ2v) is 13.8. The molecule has 0 aliphatic carbocycles. The number of carbonyl (C=O) groups excluding carboxylic acids is 2. The molecule has 0 atom stereocenters. The van der Waals surface area contributed by atoms with Crippen molar-refractivity contribution < 1.29 is 28.8 Å². The lowest BCUT2D eigenvalue weighted by molar-refractivity contribution is -0.936. The third kappa shape index (κ3) is 12.8. The third-order valence-electron chi connectivity index (χ3n) is 9.18. The molecule has 6 nitrogen and oxygen atoms in total. The van der Waals surface area contributed by atoms with Crippen LogP contribution >= 0.6 is 21.6 Å². The Morgan fingerprint density at radius 3 is 1.00 bits per heavy atom. The van der Waals surface area contributed by atoms with Crippen LogP contribution in [0.1, 0.15) is 73.4 Å². The Bertz CT molecular complexity index is 1380. The number of benzene rings is 4. The van der Waals surface area contributed by atoms with Gasteiger partial charge in [0.2, 0.25) is 0 Å². The number of carboxylic acids is 2. The first-order chi connectivity index (χ1) is 23.1. The van der Waals surface area contributed by atoms with E-state index in [0.29, 0.717) is 9.79 Å². The van der Waals surface area contributed by atoms with Crippen LogP contribution in [0.2, 0.25) is 0 Å². The van der Waals surface area contributed by atoms with Crippen molar-refractivity contribution in [3.8, 4) is 0 Å². The largest absolute Gasteiger partial charge is 0.545 e. The molecule has 4 aromatic carbocycles. The fourth-order valence-electron chi connectivity index (χ4n) is 5.46. The first kappa shape index (κ1) is 40.6. The van der Waals surface area contributed by atoms with Crippen molar-refractivity contribution in [1.82, 2.24) is 0 Å². The Morgan fingerprint density at radius 1 is 0.458 bits per heavy atom. The minimum atomic E-state index is -1.26. The monoisotopic (exact) mass is 688 g/mol. The summed E-state index contributed by atoms with van der Waals surface area (Å²) in [4.78, 5) is 23.0. The molecule has 4 rings (SSSR count). The van der Waals surface area contributed by atoms with Crippen molar-refractivity contribution in [2.75, 3.05) is 39.3 Å². The van der Waals surface area contributed by atoms with E-state index in [1.807, 2.05) is 0 Å². The summed E-state index contributed by atoms with van der Waals surface area (Å²) in [6.07, 6.45) is 0. The van der Waals surface area contributed by atoms with Gasteiger partial charge in [-0.2, -0.15) is 0 Å². The zero-order valence-electron chi connectivity index (χ0n) is 29.4. The Morgan fingerprint density at radius 2 is 0.729 bits per heavy atom. The first-order valence-electron chi connectivity index (χ1n) is 16.8. The fourth-order valence-corrected chi connectivity index (χ4v) is 7.80. The Balaban J connectivity index is 0.000000257. The van der Waals surface area contributed by atoms with Crippen molar-refractivity contribution in [2.24, 2.45) is 0 Å². The van der Waals surface area contributed by atoms with Gasteiger partial charge in [-0.3, -0.25) is 0 Å². The van der Waals surface area contributed by atoms with Gasteiger partial charge in [0.25, 0.3) is 0 Å². The molecule has 258 valence electrons. The zero-order chi connectivity index (χ0) is 35.4. The second kappa shape index (κ2) is 21.4. The van der Waals surface area contributed by atoms with Gasteiger partial charge in [0.05, 0.1) is 51.2 Å². The first-order valence-corrected chi connectivity index (χ1v) is 19.0. The Hall–Kier alpha value is -3.56. The maximum absolute atomic E-state index is 11.0. The van der Waals surface area contributed by atoms with E-state index < -0.39 is 11.9 Å². The van der Waals surface area contributed by atoms with Crippen LogP contribution in [0.4, 0.5) is 0 Å². The van der Waals surface area contributed by atoms with Crippen LogP contribution in [0.5, 0.6) is 0 Å². The summed E-state index contributed by atoms with van der Waals surface area (Å²) in [5, 5.41) is 21.9. The quantitative estimate of drug-likeness (QED) is 0.0961. The van der Waals surface area contributed by atoms with Gasteiger partial charge in [-0.05, 0) is 53.7 Å². The van der Waals surface area contributed by atoms with Crippen LogP contribution in [-0.2, 0) is 13.1 Å². The molecular weight excluding hydrogens is 637 g/mol. The van der Waals surface area contributed by atoms with E-state index in [1.54, 1.807) is 36.4 Å². The maximum Gasteiger partial charge on any atom is 0.104 e. The van der Waals surface area contributed by atoms with Crippen molar-refractivity contribution >= 4 is 33.5 Å². The number of carbonyl (C=O) groups is 2. The summed E-state index contributed by atoms with van der Waals surface area (Å²) in [6.45, 7) is 23.4. The average molecular weight is 689 g/mol. The summed E-state index contributed by atoms with van der Waals surface area (Å²) >= 11 is 0. The number of hydrogen-bond acceptors (Lipinski definition) is 6. The molecule has 8 heteroatoms. The van der Waals surface area contributed by atoms with Gasteiger partial charge in [-0.15, -0.1) is 0 Å². The number of nitrogens with zero attached hydrogens (tertiary/aromatic N) is 2. The van der Waals surface area contributed by atoms with Crippen molar-refractivity contribution in [3.05, 3.63) is 131 Å². The summed E-state index contributed by atoms with van der Waals surface area (Å²) in [5.41, 5.74) is 3.07. The van der Waals surface area contributed by atoms with Crippen LogP contribution in [0.15, 0.2) is 119 Å². The number of hydrogen-bond donors (Lipinski definition) is 0. The molecule has 0 fully saturated rings. The average Bonchev–Trinajstić information content (AvgIpc) is 3.13. The lowest BCUT2D eigenvalue weighted by atomic mass is 10.2. The predicted octanol–water partition coefficient (Wildman–Crippen LogP) is 7.34. The summed E-state index contributed by atoms with van der Waals surface area (Å²) < 4.78 is 2.40. The Kier molecular flexibility index (Phi) is 18.1. The van der Waals surface area contributed by atoms with Gasteiger partial charge in [0.15, 0.2) is 0 Å². The highest BCUT2D eigenvalue weighted by atomic mass is 33.1. The molecule has 0 aromatic heterocycles. The third-order valence-corrected chi connectivity index (χ3v) is 11.7. The molecule has 0 N–H and O–H groups in total. The smallest absolute Gasteiger partial charge is 0.104 e. The number of quaternary nitrogens is 2. The van der Waals surface area contributed by atoms with Gasteiger partial charge < -0.3 is 28.8 Å². The van der Waals surface area contributed by atoms with Gasteiger partial charge in [0, 0.05) is 32.0 Å². The molecule has 0 amide bonds. The number of carboxylic acid groups (broad SMARTS) is 2. The predicted molar refractivity (Wildman–Crippen MR) is 197 cm³/mol. The molecule has 0 unspecified atom stereocenters. The molecule has 0 bridgehead atoms. The van der Waals surface area contributed by atoms with Crippen LogP contribution < -0.4 is 10.2 Å². The van der Waals surface area contributed by atoms with E-state index in [1.165, 1.54) is 84.6 Å². The molecular formula is C40H52N2O4S2. The fraction of sp³-hybridized carbons (Fsp3) is 0.350. The molecule has 48 heavy (non-hydrogen) atoms. The highest BCUT2D eigenvalue weighted by Gasteiger charge is 2.21. The van der Waals surface area contributed by atoms with E-state index in [2.05, 4.69) is 102 Å². The van der Waals surface area contributed by atoms with E-state index in [9.17, 15) is 19.8 Å². The zero-order valence-corrected chi connectivity index (χ0v) is 31.0. The lowest BCUT2D eigenvalue weighted by Crippen LogP contribution is -2.46. The van der Waals surface area contributed by atoms with Crippen molar-refractivity contribution in [2.45, 2.75) is 64.4 Å². The maximum atomic E-state index is 11.0. The lowest BCUT2D eigenvalue weighted by Gasteiger charge is -2.35. The van der Waals surface area contributed by atoms with Gasteiger partial charge >= 0.3 is 0 Å². The van der Waals surface area contributed by atoms with Crippen LogP contribution in [0.25, 0.3) is 0 Å². The van der Waals surface area contributed by atoms with Crippen LogP contribution in [0.3, 0.4) is 0 Å². The second-order valence-electron chi connectivity index (χ2n) is 11.6. The summed E-state index contributed by atoms with van der Waals surface area (Å²) in [6, 6.07) is 34.4. The highest BCUT2D eigenvalue weighted by molar-refractivity contribution is 8.76. The van der Waals surface area contributed by atoms with Gasteiger partial charge in [-0.25, -0.2) is 0 Å². The number of aromatic carboxylic acids is 2. The van der Waals surface area contributed by atoms with E-state index in [-0.39, 0.29) is 11.1 Å². The summed E-state index contributed by atoms with van der Waals surface area (Å²) in [5.74, 6) is -2.52. The Labute approximate surface area is 296 Å². The molecule has 0 saturated carbocycles. The van der Waals surface area contributed by atoms with Crippen LogP contribution in [-0.4, -0.2) is 60.2 Å². The summed E-state index contributed by atoms with van der Waals surface area (Å²) in [7, 11) is 2.33. The van der Waals surface area contributed by atoms with Gasteiger partial charge in [0.1, 0.15) is 13.1 Å². The SMILES string of the molecule is CC[N+](CC)(CC)Cc1ccccc1.CC[N+](CC)(CC)Cc1ccccc1.O=C([O-])c1ccccc1SSc1ccccc1C(=O)[O-]. The molecule has 0 heterocycles. The normalized spacial score (nSPS) is 11.0. The topological polar surface area (TPSA) is 80.3 Å². The molecule has 0 aliphatic heterocycles. The molecule has 0 radical (unpaired) electrons. The standard InChI is InChI=1S/C14H10O4S2.2C13H22N/c15-13(16)9-5-1-3-7-11(9)19-20-12-8-4-2-6-10(12)14(17)18;2*1-4-14(5-2,6-3)12-13-10-8-7-9-11-13/h1-8H,(H,15,16)(H,17,18);2*7-11H,4-6,12H2,1-3H3/q;2*+1/p-2. The van der Waals surface area contributed by atoms with Crippen LogP contribution in [0, 0.1) is 0 Å².